The first-order valence-electron chi connectivity index (χ1n) is 6.76. The molecule has 2 aliphatic rings. The molecule has 0 amide bonds. The first-order chi connectivity index (χ1) is 9.69. The highest BCUT2D eigenvalue weighted by Gasteiger charge is 2.42. The molecule has 0 radical (unpaired) electrons. The third-order valence-electron chi connectivity index (χ3n) is 3.97. The standard InChI is InChI=1S/C14H18ClN3OS/c1-19-10-4-2-9(3-5-10)8-18-11-6-7-16-13(15)12(11)17-14(18)20/h2-5,11-13,16H,6-8H2,1H3,(H,17,20). The summed E-state index contributed by atoms with van der Waals surface area (Å²) in [7, 11) is 1.68. The minimum absolute atomic E-state index is 0.0624. The second-order valence-corrected chi connectivity index (χ2v) is 6.02. The smallest absolute Gasteiger partial charge is 0.169 e. The first kappa shape index (κ1) is 13.9. The van der Waals surface area contributed by atoms with Gasteiger partial charge >= 0.3 is 0 Å². The Hall–Kier alpha value is -1.04. The van der Waals surface area contributed by atoms with Crippen molar-refractivity contribution in [3.63, 3.8) is 0 Å². The molecule has 2 aliphatic heterocycles. The fraction of sp³-hybridized carbons (Fsp3) is 0.500. The van der Waals surface area contributed by atoms with Crippen LogP contribution in [0.4, 0.5) is 0 Å². The Labute approximate surface area is 129 Å². The van der Waals surface area contributed by atoms with Gasteiger partial charge in [0.15, 0.2) is 5.11 Å². The Kier molecular flexibility index (Phi) is 4.01. The van der Waals surface area contributed by atoms with Gasteiger partial charge in [-0.2, -0.15) is 0 Å². The lowest BCUT2D eigenvalue weighted by molar-refractivity contribution is 0.244. The highest BCUT2D eigenvalue weighted by atomic mass is 35.5. The normalized spacial score (nSPS) is 29.0. The number of benzene rings is 1. The van der Waals surface area contributed by atoms with Gasteiger partial charge in [-0.25, -0.2) is 0 Å². The van der Waals surface area contributed by atoms with Gasteiger partial charge in [-0.3, -0.25) is 5.32 Å². The van der Waals surface area contributed by atoms with E-state index in [-0.39, 0.29) is 11.5 Å². The Morgan fingerprint density at radius 2 is 2.15 bits per heavy atom. The summed E-state index contributed by atoms with van der Waals surface area (Å²) in [6, 6.07) is 8.67. The summed E-state index contributed by atoms with van der Waals surface area (Å²) in [5.74, 6) is 0.872. The molecular formula is C14H18ClN3OS. The number of nitrogens with one attached hydrogen (secondary N) is 2. The van der Waals surface area contributed by atoms with Crippen molar-refractivity contribution in [1.29, 1.82) is 0 Å². The van der Waals surface area contributed by atoms with E-state index in [4.69, 9.17) is 28.6 Å². The molecule has 3 rings (SSSR count). The number of hydrogen-bond acceptors (Lipinski definition) is 3. The van der Waals surface area contributed by atoms with Gasteiger partial charge in [0.05, 0.1) is 19.2 Å². The van der Waals surface area contributed by atoms with Crippen molar-refractivity contribution in [3.8, 4) is 5.75 Å². The van der Waals surface area contributed by atoms with E-state index in [1.807, 2.05) is 12.1 Å². The van der Waals surface area contributed by atoms with Crippen LogP contribution in [0.2, 0.25) is 0 Å². The topological polar surface area (TPSA) is 36.5 Å². The molecule has 2 fully saturated rings. The predicted molar refractivity (Wildman–Crippen MR) is 84.1 cm³/mol. The van der Waals surface area contributed by atoms with Crippen molar-refractivity contribution in [1.82, 2.24) is 15.5 Å². The summed E-state index contributed by atoms with van der Waals surface area (Å²) in [4.78, 5) is 2.25. The molecule has 2 heterocycles. The summed E-state index contributed by atoms with van der Waals surface area (Å²) in [5.41, 5.74) is 1.16. The number of rotatable bonds is 3. The van der Waals surface area contributed by atoms with Crippen LogP contribution in [0.1, 0.15) is 12.0 Å². The Morgan fingerprint density at radius 3 is 2.85 bits per heavy atom. The lowest BCUT2D eigenvalue weighted by Crippen LogP contribution is -2.53. The number of ether oxygens (including phenoxy) is 1. The zero-order valence-electron chi connectivity index (χ0n) is 11.3. The Morgan fingerprint density at radius 1 is 1.40 bits per heavy atom. The molecule has 3 atom stereocenters. The highest BCUT2D eigenvalue weighted by Crippen LogP contribution is 2.26. The maximum absolute atomic E-state index is 6.31. The van der Waals surface area contributed by atoms with E-state index in [1.165, 1.54) is 5.56 Å². The molecule has 6 heteroatoms. The number of halogens is 1. The van der Waals surface area contributed by atoms with E-state index in [0.29, 0.717) is 6.04 Å². The summed E-state index contributed by atoms with van der Waals surface area (Å²) in [5, 5.41) is 7.41. The van der Waals surface area contributed by atoms with Crippen LogP contribution in [0.3, 0.4) is 0 Å². The molecule has 3 unspecified atom stereocenters. The van der Waals surface area contributed by atoms with Gasteiger partial charge in [0.1, 0.15) is 11.3 Å². The minimum Gasteiger partial charge on any atom is -0.497 e. The van der Waals surface area contributed by atoms with Crippen LogP contribution < -0.4 is 15.4 Å². The van der Waals surface area contributed by atoms with E-state index in [2.05, 4.69) is 27.7 Å². The van der Waals surface area contributed by atoms with Gasteiger partial charge in [0.25, 0.3) is 0 Å². The van der Waals surface area contributed by atoms with Crippen LogP contribution in [0, 0.1) is 0 Å². The fourth-order valence-corrected chi connectivity index (χ4v) is 3.56. The summed E-state index contributed by atoms with van der Waals surface area (Å²) >= 11 is 11.8. The average Bonchev–Trinajstić information content (AvgIpc) is 2.78. The third kappa shape index (κ3) is 2.57. The molecule has 0 spiro atoms. The first-order valence-corrected chi connectivity index (χ1v) is 7.61. The van der Waals surface area contributed by atoms with Crippen molar-refractivity contribution >= 4 is 28.9 Å². The Balaban J connectivity index is 1.74. The molecule has 20 heavy (non-hydrogen) atoms. The van der Waals surface area contributed by atoms with Crippen LogP contribution in [0.15, 0.2) is 24.3 Å². The molecule has 0 aromatic heterocycles. The number of alkyl halides is 1. The van der Waals surface area contributed by atoms with Gasteiger partial charge in [0, 0.05) is 6.54 Å². The number of nitrogens with zero attached hydrogens (tertiary/aromatic N) is 1. The number of piperidine rings is 1. The molecule has 108 valence electrons. The molecule has 1 aromatic carbocycles. The van der Waals surface area contributed by atoms with Crippen LogP contribution in [0.25, 0.3) is 0 Å². The lowest BCUT2D eigenvalue weighted by Gasteiger charge is -2.34. The van der Waals surface area contributed by atoms with Crippen molar-refractivity contribution in [2.24, 2.45) is 0 Å². The van der Waals surface area contributed by atoms with Crippen LogP contribution in [-0.2, 0) is 6.54 Å². The molecular weight excluding hydrogens is 294 g/mol. The molecule has 1 aromatic rings. The number of fused-ring (bicyclic) bond motifs is 1. The largest absolute Gasteiger partial charge is 0.497 e. The van der Waals surface area contributed by atoms with Crippen LogP contribution in [0.5, 0.6) is 5.75 Å². The summed E-state index contributed by atoms with van der Waals surface area (Å²) in [6.45, 7) is 1.74. The summed E-state index contributed by atoms with van der Waals surface area (Å²) < 4.78 is 5.18. The van der Waals surface area contributed by atoms with E-state index >= 15 is 0 Å². The van der Waals surface area contributed by atoms with Crippen molar-refractivity contribution < 1.29 is 4.74 Å². The molecule has 4 nitrogen and oxygen atoms in total. The summed E-state index contributed by atoms with van der Waals surface area (Å²) in [6.07, 6.45) is 1.05. The quantitative estimate of drug-likeness (QED) is 0.505. The van der Waals surface area contributed by atoms with Crippen LogP contribution in [-0.4, -0.2) is 41.3 Å². The van der Waals surface area contributed by atoms with Crippen LogP contribution >= 0.6 is 23.8 Å². The van der Waals surface area contributed by atoms with Crippen molar-refractivity contribution in [2.45, 2.75) is 30.6 Å². The van der Waals surface area contributed by atoms with Gasteiger partial charge < -0.3 is 15.0 Å². The molecule has 0 bridgehead atoms. The molecule has 0 saturated carbocycles. The second-order valence-electron chi connectivity index (χ2n) is 5.16. The average molecular weight is 312 g/mol. The fourth-order valence-electron chi connectivity index (χ4n) is 2.88. The monoisotopic (exact) mass is 311 g/mol. The van der Waals surface area contributed by atoms with E-state index in [0.717, 1.165) is 30.4 Å². The predicted octanol–water partition coefficient (Wildman–Crippen LogP) is 1.68. The SMILES string of the molecule is COc1ccc(CN2C(=S)NC3C(Cl)NCCC32)cc1. The van der Waals surface area contributed by atoms with E-state index in [1.54, 1.807) is 7.11 Å². The Bertz CT molecular complexity index is 496. The second kappa shape index (κ2) is 5.76. The number of methoxy groups -OCH3 is 1. The molecule has 2 saturated heterocycles. The molecule has 0 aliphatic carbocycles. The number of thiocarbonyl (C=S) groups is 1. The van der Waals surface area contributed by atoms with Gasteiger partial charge in [-0.05, 0) is 42.9 Å². The number of hydrogen-bond donors (Lipinski definition) is 2. The highest BCUT2D eigenvalue weighted by molar-refractivity contribution is 7.80. The zero-order valence-corrected chi connectivity index (χ0v) is 12.9. The maximum Gasteiger partial charge on any atom is 0.169 e. The van der Waals surface area contributed by atoms with Crippen molar-refractivity contribution in [2.75, 3.05) is 13.7 Å². The van der Waals surface area contributed by atoms with E-state index < -0.39 is 0 Å². The maximum atomic E-state index is 6.31. The van der Waals surface area contributed by atoms with Crippen molar-refractivity contribution in [3.05, 3.63) is 29.8 Å². The third-order valence-corrected chi connectivity index (χ3v) is 4.75. The lowest BCUT2D eigenvalue weighted by atomic mass is 10.0. The zero-order chi connectivity index (χ0) is 14.1. The van der Waals surface area contributed by atoms with Gasteiger partial charge in [0.2, 0.25) is 0 Å². The van der Waals surface area contributed by atoms with E-state index in [9.17, 15) is 0 Å². The minimum atomic E-state index is -0.0624. The van der Waals surface area contributed by atoms with Gasteiger partial charge in [-0.1, -0.05) is 12.1 Å². The van der Waals surface area contributed by atoms with Gasteiger partial charge in [-0.15, -0.1) is 11.6 Å². The molecule has 2 N–H and O–H groups in total.